The smallest absolute Gasteiger partial charge is 0.222 e. The quantitative estimate of drug-likeness (QED) is 0.829. The minimum absolute atomic E-state index is 0.0535. The van der Waals surface area contributed by atoms with Gasteiger partial charge in [-0.25, -0.2) is 4.39 Å². The van der Waals surface area contributed by atoms with Gasteiger partial charge in [0.05, 0.1) is 5.69 Å². The van der Waals surface area contributed by atoms with Crippen molar-refractivity contribution >= 4 is 11.6 Å². The fourth-order valence-corrected chi connectivity index (χ4v) is 2.27. The molecule has 0 unspecified atom stereocenters. The first-order valence-electron chi connectivity index (χ1n) is 6.31. The van der Waals surface area contributed by atoms with E-state index in [0.717, 1.165) is 13.0 Å². The Morgan fingerprint density at radius 2 is 2.32 bits per heavy atom. The second-order valence-corrected chi connectivity index (χ2v) is 4.65. The third kappa shape index (κ3) is 2.84. The predicted molar refractivity (Wildman–Crippen MR) is 70.2 cm³/mol. The summed E-state index contributed by atoms with van der Waals surface area (Å²) in [7, 11) is 1.80. The second kappa shape index (κ2) is 5.70. The van der Waals surface area contributed by atoms with E-state index in [9.17, 15) is 9.18 Å². The molecule has 5 heteroatoms. The minimum Gasteiger partial charge on any atom is -0.372 e. The molecule has 19 heavy (non-hydrogen) atoms. The number of rotatable bonds is 4. The molecule has 1 aliphatic rings. The molecule has 0 aromatic heterocycles. The van der Waals surface area contributed by atoms with Gasteiger partial charge >= 0.3 is 0 Å². The van der Waals surface area contributed by atoms with Crippen LogP contribution in [0.3, 0.4) is 0 Å². The number of carbonyl (C=O) groups is 1. The molecular formula is C14H16FN3O. The molecule has 4 nitrogen and oxygen atoms in total. The van der Waals surface area contributed by atoms with Crippen LogP contribution in [-0.4, -0.2) is 37.5 Å². The van der Waals surface area contributed by atoms with E-state index in [1.807, 2.05) is 15.9 Å². The average molecular weight is 261 g/mol. The number of halogens is 1. The highest BCUT2D eigenvalue weighted by Gasteiger charge is 2.20. The third-order valence-corrected chi connectivity index (χ3v) is 3.39. The van der Waals surface area contributed by atoms with Gasteiger partial charge in [-0.2, -0.15) is 5.26 Å². The van der Waals surface area contributed by atoms with Crippen LogP contribution in [0, 0.1) is 17.1 Å². The molecule has 0 saturated carbocycles. The van der Waals surface area contributed by atoms with Crippen molar-refractivity contribution in [1.82, 2.24) is 4.90 Å². The first-order chi connectivity index (χ1) is 9.13. The predicted octanol–water partition coefficient (Wildman–Crippen LogP) is 1.76. The molecule has 0 aliphatic carbocycles. The highest BCUT2D eigenvalue weighted by atomic mass is 19.1. The van der Waals surface area contributed by atoms with E-state index in [1.165, 1.54) is 6.07 Å². The topological polar surface area (TPSA) is 47.3 Å². The number of hydrogen-bond donors (Lipinski definition) is 0. The standard InChI is InChI=1S/C14H16FN3O/c1-17(8-9-18-7-3-6-14(18)19)13-5-2-4-12(15)11(13)10-16/h2,4-5H,3,6-9H2,1H3. The molecule has 1 aromatic carbocycles. The van der Waals surface area contributed by atoms with Gasteiger partial charge in [0.2, 0.25) is 5.91 Å². The number of hydrogen-bond acceptors (Lipinski definition) is 3. The van der Waals surface area contributed by atoms with Crippen LogP contribution in [0.5, 0.6) is 0 Å². The summed E-state index contributed by atoms with van der Waals surface area (Å²) >= 11 is 0. The molecule has 1 amide bonds. The summed E-state index contributed by atoms with van der Waals surface area (Å²) in [5.41, 5.74) is 0.617. The van der Waals surface area contributed by atoms with Crippen LogP contribution in [0.4, 0.5) is 10.1 Å². The first-order valence-corrected chi connectivity index (χ1v) is 6.31. The molecule has 1 aromatic rings. The number of nitrogens with zero attached hydrogens (tertiary/aromatic N) is 3. The molecule has 0 radical (unpaired) electrons. The lowest BCUT2D eigenvalue weighted by Crippen LogP contribution is -2.34. The lowest BCUT2D eigenvalue weighted by Gasteiger charge is -2.24. The monoisotopic (exact) mass is 261 g/mol. The summed E-state index contributed by atoms with van der Waals surface area (Å²) in [5, 5.41) is 8.99. The van der Waals surface area contributed by atoms with E-state index >= 15 is 0 Å². The van der Waals surface area contributed by atoms with Crippen molar-refractivity contribution in [3.8, 4) is 6.07 Å². The molecule has 1 heterocycles. The highest BCUT2D eigenvalue weighted by molar-refractivity contribution is 5.78. The Hall–Kier alpha value is -2.09. The fraction of sp³-hybridized carbons (Fsp3) is 0.429. The maximum absolute atomic E-state index is 13.5. The molecule has 2 rings (SSSR count). The van der Waals surface area contributed by atoms with E-state index in [0.29, 0.717) is 25.2 Å². The van der Waals surface area contributed by atoms with Crippen molar-refractivity contribution in [2.24, 2.45) is 0 Å². The van der Waals surface area contributed by atoms with Crippen LogP contribution in [0.25, 0.3) is 0 Å². The van der Waals surface area contributed by atoms with Crippen molar-refractivity contribution in [3.63, 3.8) is 0 Å². The largest absolute Gasteiger partial charge is 0.372 e. The SMILES string of the molecule is CN(CCN1CCCC1=O)c1cccc(F)c1C#N. The van der Waals surface area contributed by atoms with Gasteiger partial charge in [-0.3, -0.25) is 4.79 Å². The van der Waals surface area contributed by atoms with Crippen molar-refractivity contribution in [2.75, 3.05) is 31.6 Å². The summed E-state index contributed by atoms with van der Waals surface area (Å²) in [6.45, 7) is 1.99. The average Bonchev–Trinajstić information content (AvgIpc) is 2.81. The summed E-state index contributed by atoms with van der Waals surface area (Å²) in [4.78, 5) is 15.1. The Morgan fingerprint density at radius 3 is 2.95 bits per heavy atom. The number of benzene rings is 1. The fourth-order valence-electron chi connectivity index (χ4n) is 2.27. The van der Waals surface area contributed by atoms with Gasteiger partial charge in [0, 0.05) is 33.1 Å². The van der Waals surface area contributed by atoms with Crippen molar-refractivity contribution in [3.05, 3.63) is 29.6 Å². The summed E-state index contributed by atoms with van der Waals surface area (Å²) in [6, 6.07) is 6.46. The zero-order valence-corrected chi connectivity index (χ0v) is 10.9. The lowest BCUT2D eigenvalue weighted by molar-refractivity contribution is -0.127. The van der Waals surface area contributed by atoms with Crippen LogP contribution in [0.2, 0.25) is 0 Å². The first kappa shape index (κ1) is 13.3. The number of likely N-dealkylation sites (N-methyl/N-ethyl adjacent to an activating group) is 1. The summed E-state index contributed by atoms with van der Waals surface area (Å²) < 4.78 is 13.5. The molecule has 0 bridgehead atoms. The van der Waals surface area contributed by atoms with E-state index in [4.69, 9.17) is 5.26 Å². The van der Waals surface area contributed by atoms with Crippen LogP contribution < -0.4 is 4.90 Å². The zero-order chi connectivity index (χ0) is 13.8. The minimum atomic E-state index is -0.510. The van der Waals surface area contributed by atoms with Gasteiger partial charge in [0.25, 0.3) is 0 Å². The van der Waals surface area contributed by atoms with Crippen molar-refractivity contribution in [2.45, 2.75) is 12.8 Å². The highest BCUT2D eigenvalue weighted by Crippen LogP contribution is 2.21. The van der Waals surface area contributed by atoms with Crippen LogP contribution in [-0.2, 0) is 4.79 Å². The Kier molecular flexibility index (Phi) is 4.00. The van der Waals surface area contributed by atoms with Gasteiger partial charge in [-0.1, -0.05) is 6.07 Å². The van der Waals surface area contributed by atoms with E-state index in [2.05, 4.69) is 0 Å². The van der Waals surface area contributed by atoms with Crippen LogP contribution >= 0.6 is 0 Å². The van der Waals surface area contributed by atoms with Crippen molar-refractivity contribution < 1.29 is 9.18 Å². The lowest BCUT2D eigenvalue weighted by atomic mass is 10.1. The van der Waals surface area contributed by atoms with Gasteiger partial charge in [-0.05, 0) is 18.6 Å². The van der Waals surface area contributed by atoms with Gasteiger partial charge in [0.1, 0.15) is 17.4 Å². The molecule has 1 fully saturated rings. The maximum Gasteiger partial charge on any atom is 0.222 e. The van der Waals surface area contributed by atoms with Crippen LogP contribution in [0.1, 0.15) is 18.4 Å². The van der Waals surface area contributed by atoms with E-state index in [-0.39, 0.29) is 11.5 Å². The maximum atomic E-state index is 13.5. The molecule has 0 spiro atoms. The van der Waals surface area contributed by atoms with Gasteiger partial charge < -0.3 is 9.80 Å². The Balaban J connectivity index is 2.04. The van der Waals surface area contributed by atoms with Crippen molar-refractivity contribution in [1.29, 1.82) is 5.26 Å². The molecule has 1 saturated heterocycles. The number of anilines is 1. The zero-order valence-electron chi connectivity index (χ0n) is 10.9. The number of likely N-dealkylation sites (tertiary alicyclic amines) is 1. The number of carbonyl (C=O) groups excluding carboxylic acids is 1. The molecular weight excluding hydrogens is 245 g/mol. The van der Waals surface area contributed by atoms with E-state index in [1.54, 1.807) is 19.2 Å². The molecule has 100 valence electrons. The molecule has 0 atom stereocenters. The number of nitriles is 1. The van der Waals surface area contributed by atoms with Gasteiger partial charge in [-0.15, -0.1) is 0 Å². The molecule has 1 aliphatic heterocycles. The Bertz CT molecular complexity index is 524. The Morgan fingerprint density at radius 1 is 1.53 bits per heavy atom. The second-order valence-electron chi connectivity index (χ2n) is 4.65. The Labute approximate surface area is 112 Å². The number of amides is 1. The van der Waals surface area contributed by atoms with E-state index < -0.39 is 5.82 Å². The summed E-state index contributed by atoms with van der Waals surface area (Å²) in [6.07, 6.45) is 1.53. The normalized spacial score (nSPS) is 14.6. The summed E-state index contributed by atoms with van der Waals surface area (Å²) in [5.74, 6) is -0.336. The van der Waals surface area contributed by atoms with Crippen LogP contribution in [0.15, 0.2) is 18.2 Å². The molecule has 0 N–H and O–H groups in total. The van der Waals surface area contributed by atoms with Gasteiger partial charge in [0.15, 0.2) is 0 Å². The third-order valence-electron chi connectivity index (χ3n) is 3.39.